The Kier molecular flexibility index (Phi) is 4.89. The Balaban J connectivity index is 1.56. The summed E-state index contributed by atoms with van der Waals surface area (Å²) in [6.07, 6.45) is 4.92. The maximum absolute atomic E-state index is 12.4. The average Bonchev–Trinajstić information content (AvgIpc) is 3.15. The molecule has 1 aromatic carbocycles. The van der Waals surface area contributed by atoms with Crippen molar-refractivity contribution in [3.05, 3.63) is 34.9 Å². The Morgan fingerprint density at radius 3 is 3.00 bits per heavy atom. The van der Waals surface area contributed by atoms with E-state index in [9.17, 15) is 9.90 Å². The van der Waals surface area contributed by atoms with Crippen LogP contribution in [0, 0.1) is 0 Å². The van der Waals surface area contributed by atoms with Crippen LogP contribution >= 0.6 is 11.6 Å². The number of urea groups is 1. The fourth-order valence-electron chi connectivity index (χ4n) is 3.73. The predicted molar refractivity (Wildman–Crippen MR) is 87.2 cm³/mol. The summed E-state index contributed by atoms with van der Waals surface area (Å²) in [6, 6.07) is 8.21. The molecule has 2 aliphatic rings. The number of rotatable bonds is 3. The van der Waals surface area contributed by atoms with Gasteiger partial charge < -0.3 is 15.3 Å². The molecule has 1 aliphatic carbocycles. The van der Waals surface area contributed by atoms with E-state index < -0.39 is 0 Å². The summed E-state index contributed by atoms with van der Waals surface area (Å²) >= 11 is 6.06. The second kappa shape index (κ2) is 6.88. The quantitative estimate of drug-likeness (QED) is 0.898. The number of amides is 2. The molecule has 3 rings (SSSR count). The lowest BCUT2D eigenvalue weighted by Gasteiger charge is -2.25. The summed E-state index contributed by atoms with van der Waals surface area (Å²) in [5.41, 5.74) is 1.26. The van der Waals surface area contributed by atoms with Crippen molar-refractivity contribution in [1.29, 1.82) is 0 Å². The van der Waals surface area contributed by atoms with Gasteiger partial charge >= 0.3 is 6.03 Å². The topological polar surface area (TPSA) is 52.6 Å². The van der Waals surface area contributed by atoms with Gasteiger partial charge in [-0.25, -0.2) is 4.79 Å². The first-order valence-corrected chi connectivity index (χ1v) is 8.48. The van der Waals surface area contributed by atoms with Crippen LogP contribution in [0.25, 0.3) is 0 Å². The van der Waals surface area contributed by atoms with Crippen LogP contribution in [-0.2, 0) is 0 Å². The van der Waals surface area contributed by atoms with Gasteiger partial charge in [0.2, 0.25) is 0 Å². The molecule has 2 unspecified atom stereocenters. The molecule has 2 N–H and O–H groups in total. The van der Waals surface area contributed by atoms with Gasteiger partial charge in [0.1, 0.15) is 0 Å². The molecule has 1 heterocycles. The number of hydrogen-bond donors (Lipinski definition) is 2. The summed E-state index contributed by atoms with van der Waals surface area (Å²) in [5, 5.41) is 13.2. The number of nitrogens with one attached hydrogen (secondary N) is 1. The van der Waals surface area contributed by atoms with Crippen LogP contribution in [0.4, 0.5) is 4.79 Å². The smallest absolute Gasteiger partial charge is 0.317 e. The fourth-order valence-corrected chi connectivity index (χ4v) is 3.93. The van der Waals surface area contributed by atoms with E-state index in [0.717, 1.165) is 43.7 Å². The van der Waals surface area contributed by atoms with Gasteiger partial charge in [0, 0.05) is 17.6 Å². The lowest BCUT2D eigenvalue weighted by Crippen LogP contribution is -2.47. The summed E-state index contributed by atoms with van der Waals surface area (Å²) in [4.78, 5) is 14.1. The van der Waals surface area contributed by atoms with Crippen molar-refractivity contribution < 1.29 is 9.90 Å². The predicted octanol–water partition coefficient (Wildman–Crippen LogP) is 3.14. The molecule has 0 bridgehead atoms. The second-order valence-electron chi connectivity index (χ2n) is 6.38. The number of hydrogen-bond acceptors (Lipinski definition) is 2. The summed E-state index contributed by atoms with van der Waals surface area (Å²) in [5.74, 6) is 0.469. The van der Waals surface area contributed by atoms with Crippen LogP contribution in [0.3, 0.4) is 0 Å². The van der Waals surface area contributed by atoms with E-state index in [1.165, 1.54) is 5.56 Å². The highest BCUT2D eigenvalue weighted by Crippen LogP contribution is 2.35. The fraction of sp³-hybridized carbons (Fsp3) is 0.588. The first-order valence-electron chi connectivity index (χ1n) is 8.11. The van der Waals surface area contributed by atoms with Crippen LogP contribution in [-0.4, -0.2) is 41.3 Å². The minimum absolute atomic E-state index is 0.00914. The summed E-state index contributed by atoms with van der Waals surface area (Å²) in [7, 11) is 0. The molecule has 1 aromatic rings. The molecule has 22 heavy (non-hydrogen) atoms. The zero-order valence-corrected chi connectivity index (χ0v) is 13.4. The van der Waals surface area contributed by atoms with E-state index in [2.05, 4.69) is 11.4 Å². The van der Waals surface area contributed by atoms with Gasteiger partial charge in [-0.3, -0.25) is 0 Å². The van der Waals surface area contributed by atoms with Gasteiger partial charge in [0.05, 0.1) is 12.6 Å². The van der Waals surface area contributed by atoms with Gasteiger partial charge in [-0.15, -0.1) is 0 Å². The molecule has 1 saturated heterocycles. The monoisotopic (exact) mass is 322 g/mol. The molecule has 0 aromatic heterocycles. The number of aliphatic hydroxyl groups excluding tert-OH is 1. The number of carbonyl (C=O) groups is 1. The van der Waals surface area contributed by atoms with Crippen LogP contribution < -0.4 is 5.32 Å². The number of likely N-dealkylation sites (tertiary alicyclic amines) is 1. The van der Waals surface area contributed by atoms with E-state index in [4.69, 9.17) is 11.6 Å². The summed E-state index contributed by atoms with van der Waals surface area (Å²) < 4.78 is 0. The first kappa shape index (κ1) is 15.6. The normalized spacial score (nSPS) is 28.1. The van der Waals surface area contributed by atoms with Crippen LogP contribution in [0.15, 0.2) is 24.3 Å². The minimum Gasteiger partial charge on any atom is -0.394 e. The highest BCUT2D eigenvalue weighted by molar-refractivity contribution is 6.30. The Hall–Kier alpha value is -1.26. The van der Waals surface area contributed by atoms with E-state index in [1.54, 1.807) is 4.90 Å². The average molecular weight is 323 g/mol. The lowest BCUT2D eigenvalue weighted by atomic mass is 9.97. The largest absolute Gasteiger partial charge is 0.394 e. The van der Waals surface area contributed by atoms with Crippen molar-refractivity contribution in [2.75, 3.05) is 13.2 Å². The highest BCUT2D eigenvalue weighted by atomic mass is 35.5. The molecule has 3 atom stereocenters. The van der Waals surface area contributed by atoms with Gasteiger partial charge in [0.25, 0.3) is 0 Å². The Morgan fingerprint density at radius 1 is 1.36 bits per heavy atom. The number of aliphatic hydroxyl groups is 1. The second-order valence-corrected chi connectivity index (χ2v) is 6.82. The maximum atomic E-state index is 12.4. The van der Waals surface area contributed by atoms with Gasteiger partial charge in [-0.05, 0) is 55.7 Å². The molecule has 1 saturated carbocycles. The van der Waals surface area contributed by atoms with Crippen molar-refractivity contribution in [3.63, 3.8) is 0 Å². The molecule has 5 heteroatoms. The van der Waals surface area contributed by atoms with Gasteiger partial charge in [-0.1, -0.05) is 23.7 Å². The zero-order valence-electron chi connectivity index (χ0n) is 12.7. The van der Waals surface area contributed by atoms with E-state index in [1.807, 2.05) is 18.2 Å². The van der Waals surface area contributed by atoms with E-state index in [-0.39, 0.29) is 24.7 Å². The first-order chi connectivity index (χ1) is 10.7. The zero-order chi connectivity index (χ0) is 15.5. The third-order valence-electron chi connectivity index (χ3n) is 4.93. The van der Waals surface area contributed by atoms with Crippen LogP contribution in [0.2, 0.25) is 5.02 Å². The number of halogens is 1. The molecule has 120 valence electrons. The maximum Gasteiger partial charge on any atom is 0.317 e. The van der Waals surface area contributed by atoms with E-state index >= 15 is 0 Å². The Labute approximate surface area is 136 Å². The van der Waals surface area contributed by atoms with Crippen molar-refractivity contribution in [2.45, 2.75) is 50.1 Å². The molecule has 2 amide bonds. The standard InChI is InChI=1S/C17H23ClN2O2/c18-14-4-1-3-12(9-14)13-6-7-15(10-13)19-17(22)20-8-2-5-16(20)11-21/h1,3-4,9,13,15-16,21H,2,5-8,10-11H2,(H,19,22)/t13?,15?,16-/m1/s1. The molecule has 1 aliphatic heterocycles. The molecule has 0 radical (unpaired) electrons. The van der Waals surface area contributed by atoms with Gasteiger partial charge in [0.15, 0.2) is 0 Å². The minimum atomic E-state index is -0.0201. The van der Waals surface area contributed by atoms with Crippen molar-refractivity contribution >= 4 is 17.6 Å². The van der Waals surface area contributed by atoms with Crippen molar-refractivity contribution in [2.24, 2.45) is 0 Å². The highest BCUT2D eigenvalue weighted by Gasteiger charge is 2.32. The van der Waals surface area contributed by atoms with Crippen LogP contribution in [0.1, 0.15) is 43.6 Å². The molecule has 2 fully saturated rings. The van der Waals surface area contributed by atoms with Gasteiger partial charge in [-0.2, -0.15) is 0 Å². The van der Waals surface area contributed by atoms with Crippen molar-refractivity contribution in [1.82, 2.24) is 10.2 Å². The molecular weight excluding hydrogens is 300 g/mol. The van der Waals surface area contributed by atoms with Crippen LogP contribution in [0.5, 0.6) is 0 Å². The number of nitrogens with zero attached hydrogens (tertiary/aromatic N) is 1. The number of benzene rings is 1. The molecule has 4 nitrogen and oxygen atoms in total. The van der Waals surface area contributed by atoms with Crippen molar-refractivity contribution in [3.8, 4) is 0 Å². The Bertz CT molecular complexity index is 537. The SMILES string of the molecule is O=C(NC1CCC(c2cccc(Cl)c2)C1)N1CCC[C@@H]1CO. The number of carbonyl (C=O) groups excluding carboxylic acids is 1. The third kappa shape index (κ3) is 3.39. The third-order valence-corrected chi connectivity index (χ3v) is 5.16. The molecular formula is C17H23ClN2O2. The lowest BCUT2D eigenvalue weighted by molar-refractivity contribution is 0.154. The molecule has 0 spiro atoms. The Morgan fingerprint density at radius 2 is 2.23 bits per heavy atom. The summed E-state index contributed by atoms with van der Waals surface area (Å²) in [6.45, 7) is 0.810. The van der Waals surface area contributed by atoms with E-state index in [0.29, 0.717) is 5.92 Å².